The Kier molecular flexibility index (Phi) is 1.54. The largest absolute Gasteiger partial charge is 0.277 e. The van der Waals surface area contributed by atoms with Crippen LogP contribution in [0.1, 0.15) is 6.92 Å². The third-order valence-electron chi connectivity index (χ3n) is 1.66. The average molecular weight is 149 g/mol. The lowest BCUT2D eigenvalue weighted by atomic mass is 10.2. The summed E-state index contributed by atoms with van der Waals surface area (Å²) in [5.41, 5.74) is 0.539. The quantitative estimate of drug-likeness (QED) is 0.357. The third kappa shape index (κ3) is 0.838. The highest BCUT2D eigenvalue weighted by Gasteiger charge is 2.31. The summed E-state index contributed by atoms with van der Waals surface area (Å²) in [6.45, 7) is 1.55. The third-order valence-corrected chi connectivity index (χ3v) is 1.66. The summed E-state index contributed by atoms with van der Waals surface area (Å²) in [4.78, 5) is 23.1. The zero-order valence-electron chi connectivity index (χ0n) is 6.34. The molecule has 0 saturated carbocycles. The number of amides is 2. The molecular formula is C8H7NO2. The van der Waals surface area contributed by atoms with Crippen LogP contribution in [0.5, 0.6) is 0 Å². The van der Waals surface area contributed by atoms with Crippen molar-refractivity contribution in [2.24, 2.45) is 0 Å². The molecule has 0 fully saturated rings. The van der Waals surface area contributed by atoms with Crippen molar-refractivity contribution in [1.29, 1.82) is 0 Å². The van der Waals surface area contributed by atoms with Crippen LogP contribution < -0.4 is 0 Å². The van der Waals surface area contributed by atoms with Gasteiger partial charge < -0.3 is 0 Å². The Balaban J connectivity index is 3.21. The number of carbonyl (C=O) groups is 2. The molecule has 0 aromatic carbocycles. The monoisotopic (exact) mass is 149 g/mol. The van der Waals surface area contributed by atoms with E-state index in [0.717, 1.165) is 4.90 Å². The molecule has 1 rings (SSSR count). The van der Waals surface area contributed by atoms with Gasteiger partial charge >= 0.3 is 0 Å². The fourth-order valence-electron chi connectivity index (χ4n) is 0.949. The van der Waals surface area contributed by atoms with E-state index in [9.17, 15) is 9.59 Å². The summed E-state index contributed by atoms with van der Waals surface area (Å²) >= 11 is 0. The molecule has 0 aliphatic carbocycles. The van der Waals surface area contributed by atoms with E-state index in [-0.39, 0.29) is 17.4 Å². The topological polar surface area (TPSA) is 37.4 Å². The van der Waals surface area contributed by atoms with Crippen molar-refractivity contribution in [3.8, 4) is 12.3 Å². The van der Waals surface area contributed by atoms with Crippen molar-refractivity contribution in [3.63, 3.8) is 0 Å². The fourth-order valence-corrected chi connectivity index (χ4v) is 0.949. The van der Waals surface area contributed by atoms with E-state index >= 15 is 0 Å². The van der Waals surface area contributed by atoms with Crippen molar-refractivity contribution < 1.29 is 9.59 Å². The van der Waals surface area contributed by atoms with Crippen LogP contribution in [-0.2, 0) is 9.59 Å². The van der Waals surface area contributed by atoms with Crippen molar-refractivity contribution in [2.45, 2.75) is 6.92 Å². The summed E-state index contributed by atoms with van der Waals surface area (Å²) in [5, 5.41) is 0. The summed E-state index contributed by atoms with van der Waals surface area (Å²) in [5.74, 6) is 1.51. The minimum absolute atomic E-state index is 0.178. The normalized spacial score (nSPS) is 17.7. The fraction of sp³-hybridized carbons (Fsp3) is 0.250. The van der Waals surface area contributed by atoms with Gasteiger partial charge in [0.25, 0.3) is 11.8 Å². The molecule has 0 radical (unpaired) electrons. The molecule has 3 nitrogen and oxygen atoms in total. The Hall–Kier alpha value is -1.56. The molecule has 0 bridgehead atoms. The molecule has 1 heterocycles. The number of terminal acetylenes is 1. The van der Waals surface area contributed by atoms with Gasteiger partial charge in [0.1, 0.15) is 0 Å². The van der Waals surface area contributed by atoms with Gasteiger partial charge in [-0.05, 0) is 6.92 Å². The van der Waals surface area contributed by atoms with Gasteiger partial charge in [-0.3, -0.25) is 14.5 Å². The van der Waals surface area contributed by atoms with Crippen molar-refractivity contribution >= 4 is 11.8 Å². The highest BCUT2D eigenvalue weighted by atomic mass is 16.2. The molecule has 2 amide bonds. The minimum atomic E-state index is -0.380. The predicted octanol–water partition coefficient (Wildman–Crippen LogP) is -0.0653. The zero-order chi connectivity index (χ0) is 8.59. The van der Waals surface area contributed by atoms with Gasteiger partial charge in [0, 0.05) is 12.6 Å². The molecule has 0 atom stereocenters. The summed E-state index contributed by atoms with van der Waals surface area (Å²) < 4.78 is 0. The SMILES string of the molecule is C#CC1=C(C)C(=O)N(C)C1=O. The first-order valence-corrected chi connectivity index (χ1v) is 3.09. The molecule has 1 aliphatic rings. The first-order chi connectivity index (χ1) is 5.09. The number of nitrogens with zero attached hydrogens (tertiary/aromatic N) is 1. The lowest BCUT2D eigenvalue weighted by Gasteiger charge is -2.03. The molecule has 0 aromatic rings. The van der Waals surface area contributed by atoms with Gasteiger partial charge in [0.2, 0.25) is 0 Å². The highest BCUT2D eigenvalue weighted by molar-refractivity contribution is 6.20. The summed E-state index contributed by atoms with van der Waals surface area (Å²) in [6, 6.07) is 0. The molecule has 3 heteroatoms. The van der Waals surface area contributed by atoms with Gasteiger partial charge in [-0.1, -0.05) is 5.92 Å². The summed E-state index contributed by atoms with van der Waals surface area (Å²) in [7, 11) is 1.42. The van der Waals surface area contributed by atoms with Gasteiger partial charge in [-0.15, -0.1) is 6.42 Å². The predicted molar refractivity (Wildman–Crippen MR) is 39.3 cm³/mol. The minimum Gasteiger partial charge on any atom is -0.277 e. The zero-order valence-corrected chi connectivity index (χ0v) is 6.34. The lowest BCUT2D eigenvalue weighted by Crippen LogP contribution is -2.26. The highest BCUT2D eigenvalue weighted by Crippen LogP contribution is 2.17. The Morgan fingerprint density at radius 2 is 1.91 bits per heavy atom. The molecule has 0 saturated heterocycles. The first kappa shape index (κ1) is 7.55. The van der Waals surface area contributed by atoms with Crippen LogP contribution in [0.4, 0.5) is 0 Å². The second kappa shape index (κ2) is 2.24. The van der Waals surface area contributed by atoms with Crippen molar-refractivity contribution in [1.82, 2.24) is 4.90 Å². The van der Waals surface area contributed by atoms with Gasteiger partial charge in [0.05, 0.1) is 5.57 Å². The maximum absolute atomic E-state index is 11.1. The molecule has 0 unspecified atom stereocenters. The Morgan fingerprint density at radius 1 is 1.36 bits per heavy atom. The van der Waals surface area contributed by atoms with Crippen LogP contribution in [0, 0.1) is 12.3 Å². The van der Waals surface area contributed by atoms with Crippen LogP contribution in [-0.4, -0.2) is 23.8 Å². The number of rotatable bonds is 0. The van der Waals surface area contributed by atoms with E-state index in [1.54, 1.807) is 6.92 Å². The van der Waals surface area contributed by atoms with Crippen molar-refractivity contribution in [2.75, 3.05) is 7.05 Å². The van der Waals surface area contributed by atoms with E-state index < -0.39 is 0 Å². The molecule has 56 valence electrons. The second-order valence-corrected chi connectivity index (χ2v) is 2.31. The van der Waals surface area contributed by atoms with Crippen LogP contribution >= 0.6 is 0 Å². The smallest absolute Gasteiger partial charge is 0.269 e. The molecule has 1 aliphatic heterocycles. The maximum Gasteiger partial charge on any atom is 0.269 e. The molecule has 0 aromatic heterocycles. The van der Waals surface area contributed by atoms with Gasteiger partial charge in [0.15, 0.2) is 0 Å². The van der Waals surface area contributed by atoms with Crippen LogP contribution in [0.15, 0.2) is 11.1 Å². The Bertz CT molecular complexity index is 307. The number of likely N-dealkylation sites (N-methyl/N-ethyl adjacent to an activating group) is 1. The lowest BCUT2D eigenvalue weighted by molar-refractivity contribution is -0.135. The number of imide groups is 1. The maximum atomic E-state index is 11.1. The van der Waals surface area contributed by atoms with Crippen LogP contribution in [0.3, 0.4) is 0 Å². The average Bonchev–Trinajstić information content (AvgIpc) is 2.17. The Labute approximate surface area is 64.7 Å². The van der Waals surface area contributed by atoms with Crippen LogP contribution in [0.25, 0.3) is 0 Å². The standard InChI is InChI=1S/C8H7NO2/c1-4-6-5(2)7(10)9(3)8(6)11/h1H,2-3H3. The second-order valence-electron chi connectivity index (χ2n) is 2.31. The number of carbonyl (C=O) groups excluding carboxylic acids is 2. The van der Waals surface area contributed by atoms with E-state index in [4.69, 9.17) is 6.42 Å². The van der Waals surface area contributed by atoms with E-state index in [1.807, 2.05) is 0 Å². The van der Waals surface area contributed by atoms with Crippen molar-refractivity contribution in [3.05, 3.63) is 11.1 Å². The van der Waals surface area contributed by atoms with Gasteiger partial charge in [-0.25, -0.2) is 0 Å². The first-order valence-electron chi connectivity index (χ1n) is 3.09. The van der Waals surface area contributed by atoms with E-state index in [2.05, 4.69) is 5.92 Å². The van der Waals surface area contributed by atoms with Gasteiger partial charge in [-0.2, -0.15) is 0 Å². The number of hydrogen-bond donors (Lipinski definition) is 0. The molecule has 0 N–H and O–H groups in total. The van der Waals surface area contributed by atoms with Crippen LogP contribution in [0.2, 0.25) is 0 Å². The molecule has 11 heavy (non-hydrogen) atoms. The summed E-state index contributed by atoms with van der Waals surface area (Å²) in [6.07, 6.45) is 5.03. The molecular weight excluding hydrogens is 142 g/mol. The van der Waals surface area contributed by atoms with E-state index in [0.29, 0.717) is 5.57 Å². The number of hydrogen-bond acceptors (Lipinski definition) is 2. The van der Waals surface area contributed by atoms with E-state index in [1.165, 1.54) is 7.05 Å². The molecule has 0 spiro atoms. The Morgan fingerprint density at radius 3 is 2.09 bits per heavy atom.